The fraction of sp³-hybridized carbons (Fsp3) is 0.250. The van der Waals surface area contributed by atoms with E-state index in [1.807, 2.05) is 30.3 Å². The summed E-state index contributed by atoms with van der Waals surface area (Å²) >= 11 is 0. The molecule has 0 saturated heterocycles. The molecule has 2 aromatic heterocycles. The molecule has 0 aliphatic heterocycles. The molecule has 2 heterocycles. The van der Waals surface area contributed by atoms with E-state index < -0.39 is 5.56 Å². The third-order valence-electron chi connectivity index (χ3n) is 3.45. The van der Waals surface area contributed by atoms with Crippen molar-refractivity contribution < 1.29 is 9.53 Å². The maximum Gasteiger partial charge on any atom is 0.286 e. The lowest BCUT2D eigenvalue weighted by Crippen LogP contribution is -2.25. The molecule has 7 heteroatoms. The third kappa shape index (κ3) is 2.91. The van der Waals surface area contributed by atoms with Crippen LogP contribution in [0, 0.1) is 0 Å². The van der Waals surface area contributed by atoms with Gasteiger partial charge in [0.25, 0.3) is 5.56 Å². The van der Waals surface area contributed by atoms with E-state index >= 15 is 0 Å². The Balaban J connectivity index is 2.20. The smallest absolute Gasteiger partial charge is 0.286 e. The van der Waals surface area contributed by atoms with Gasteiger partial charge in [0, 0.05) is 13.3 Å². The molecule has 0 atom stereocenters. The number of benzene rings is 1. The van der Waals surface area contributed by atoms with Gasteiger partial charge >= 0.3 is 0 Å². The van der Waals surface area contributed by atoms with Gasteiger partial charge in [0.05, 0.1) is 6.54 Å². The van der Waals surface area contributed by atoms with Gasteiger partial charge in [0.1, 0.15) is 12.2 Å². The summed E-state index contributed by atoms with van der Waals surface area (Å²) in [6.07, 6.45) is 1.54. The van der Waals surface area contributed by atoms with Crippen molar-refractivity contribution in [3.05, 3.63) is 63.8 Å². The summed E-state index contributed by atoms with van der Waals surface area (Å²) in [5.41, 5.74) is 0.651. The maximum atomic E-state index is 12.4. The minimum atomic E-state index is -0.466. The van der Waals surface area contributed by atoms with Crippen LogP contribution in [0.1, 0.15) is 28.7 Å². The number of ketones is 1. The lowest BCUT2D eigenvalue weighted by molar-refractivity contribution is 0.101. The third-order valence-corrected chi connectivity index (χ3v) is 3.45. The van der Waals surface area contributed by atoms with Crippen LogP contribution >= 0.6 is 0 Å². The van der Waals surface area contributed by atoms with Crippen LogP contribution in [-0.4, -0.2) is 32.1 Å². The molecule has 0 spiro atoms. The predicted molar refractivity (Wildman–Crippen MR) is 83.5 cm³/mol. The summed E-state index contributed by atoms with van der Waals surface area (Å²) in [5, 5.41) is 4.14. The zero-order valence-electron chi connectivity index (χ0n) is 12.9. The Morgan fingerprint density at radius 2 is 2.00 bits per heavy atom. The van der Waals surface area contributed by atoms with Crippen molar-refractivity contribution in [3.8, 4) is 0 Å². The number of nitrogens with zero attached hydrogens (tertiary/aromatic N) is 4. The molecule has 7 nitrogen and oxygen atoms in total. The lowest BCUT2D eigenvalue weighted by atomic mass is 10.2. The molecule has 118 valence electrons. The number of ether oxygens (including phenoxy) is 1. The van der Waals surface area contributed by atoms with Crippen molar-refractivity contribution in [2.24, 2.45) is 0 Å². The van der Waals surface area contributed by atoms with Gasteiger partial charge in [-0.05, 0) is 12.5 Å². The predicted octanol–water partition coefficient (Wildman–Crippen LogP) is 1.29. The zero-order chi connectivity index (χ0) is 16.4. The number of carbonyl (C=O) groups is 1. The van der Waals surface area contributed by atoms with Gasteiger partial charge in [-0.3, -0.25) is 9.59 Å². The molecular formula is C16H16N4O3. The molecule has 0 unspecified atom stereocenters. The van der Waals surface area contributed by atoms with Crippen LogP contribution in [0.5, 0.6) is 0 Å². The number of rotatable bonds is 5. The van der Waals surface area contributed by atoms with Gasteiger partial charge in [-0.1, -0.05) is 30.3 Å². The first-order valence-electron chi connectivity index (χ1n) is 7.13. The second kappa shape index (κ2) is 6.13. The first kappa shape index (κ1) is 15.1. The summed E-state index contributed by atoms with van der Waals surface area (Å²) in [6, 6.07) is 9.73. The van der Waals surface area contributed by atoms with Crippen molar-refractivity contribution in [1.82, 2.24) is 19.2 Å². The van der Waals surface area contributed by atoms with Gasteiger partial charge in [0.2, 0.25) is 5.78 Å². The molecule has 0 radical (unpaired) electrons. The van der Waals surface area contributed by atoms with E-state index in [4.69, 9.17) is 4.74 Å². The van der Waals surface area contributed by atoms with Gasteiger partial charge in [0.15, 0.2) is 11.6 Å². The largest absolute Gasteiger partial charge is 0.377 e. The van der Waals surface area contributed by atoms with Crippen molar-refractivity contribution in [1.29, 1.82) is 0 Å². The molecule has 0 bridgehead atoms. The highest BCUT2D eigenvalue weighted by atomic mass is 16.5. The second-order valence-corrected chi connectivity index (χ2v) is 5.19. The number of carbonyl (C=O) groups excluding carboxylic acids is 1. The van der Waals surface area contributed by atoms with E-state index in [-0.39, 0.29) is 18.0 Å². The van der Waals surface area contributed by atoms with Crippen LogP contribution in [0.4, 0.5) is 0 Å². The highest BCUT2D eigenvalue weighted by Gasteiger charge is 2.16. The van der Waals surface area contributed by atoms with Crippen molar-refractivity contribution in [2.45, 2.75) is 20.1 Å². The summed E-state index contributed by atoms with van der Waals surface area (Å²) in [5.74, 6) is 0.477. The van der Waals surface area contributed by atoms with E-state index in [0.29, 0.717) is 18.1 Å². The number of methoxy groups -OCH3 is 1. The van der Waals surface area contributed by atoms with E-state index in [1.165, 1.54) is 20.2 Å². The number of Topliss-reactive ketones (excluding diaryl/α,β-unsaturated/α-hetero) is 1. The van der Waals surface area contributed by atoms with Gasteiger partial charge < -0.3 is 9.30 Å². The summed E-state index contributed by atoms with van der Waals surface area (Å²) in [6.45, 7) is 2.04. The van der Waals surface area contributed by atoms with Crippen LogP contribution in [0.25, 0.3) is 5.78 Å². The Labute approximate surface area is 132 Å². The van der Waals surface area contributed by atoms with Crippen LogP contribution in [-0.2, 0) is 17.9 Å². The molecule has 3 aromatic rings. The van der Waals surface area contributed by atoms with E-state index in [1.54, 1.807) is 4.57 Å². The van der Waals surface area contributed by atoms with Crippen LogP contribution in [0.15, 0.2) is 41.3 Å². The first-order valence-corrected chi connectivity index (χ1v) is 7.13. The standard InChI is InChI=1S/C16H16N4O3/c1-11(21)13-9-19(8-12-6-4-3-5-7-12)16-17-14(10-23-2)18-20(16)15(13)22/h3-7,9H,8,10H2,1-2H3. The Morgan fingerprint density at radius 3 is 2.65 bits per heavy atom. The Morgan fingerprint density at radius 1 is 1.26 bits per heavy atom. The van der Waals surface area contributed by atoms with Crippen LogP contribution in [0.2, 0.25) is 0 Å². The fourth-order valence-corrected chi connectivity index (χ4v) is 2.38. The quantitative estimate of drug-likeness (QED) is 0.663. The second-order valence-electron chi connectivity index (χ2n) is 5.19. The summed E-state index contributed by atoms with van der Waals surface area (Å²) in [4.78, 5) is 28.5. The maximum absolute atomic E-state index is 12.4. The SMILES string of the molecule is COCc1nc2n(Cc3ccccc3)cc(C(C)=O)c(=O)n2n1. The van der Waals surface area contributed by atoms with Gasteiger partial charge in [-0.15, -0.1) is 5.10 Å². The molecule has 1 aromatic carbocycles. The number of hydrogen-bond acceptors (Lipinski definition) is 5. The highest BCUT2D eigenvalue weighted by molar-refractivity contribution is 5.93. The summed E-state index contributed by atoms with van der Waals surface area (Å²) in [7, 11) is 1.53. The molecular weight excluding hydrogens is 296 g/mol. The normalized spacial score (nSPS) is 11.0. The Bertz CT molecular complexity index is 912. The lowest BCUT2D eigenvalue weighted by Gasteiger charge is -2.09. The van der Waals surface area contributed by atoms with Crippen LogP contribution in [0.3, 0.4) is 0 Å². The average molecular weight is 312 g/mol. The van der Waals surface area contributed by atoms with Crippen molar-refractivity contribution in [2.75, 3.05) is 7.11 Å². The minimum absolute atomic E-state index is 0.0855. The van der Waals surface area contributed by atoms with E-state index in [2.05, 4.69) is 10.1 Å². The number of hydrogen-bond donors (Lipinski definition) is 0. The number of aromatic nitrogens is 4. The van der Waals surface area contributed by atoms with E-state index in [0.717, 1.165) is 10.1 Å². The molecule has 23 heavy (non-hydrogen) atoms. The van der Waals surface area contributed by atoms with Crippen LogP contribution < -0.4 is 5.56 Å². The Kier molecular flexibility index (Phi) is 4.03. The average Bonchev–Trinajstić information content (AvgIpc) is 2.96. The minimum Gasteiger partial charge on any atom is -0.377 e. The van der Waals surface area contributed by atoms with Gasteiger partial charge in [-0.25, -0.2) is 0 Å². The fourth-order valence-electron chi connectivity index (χ4n) is 2.38. The topological polar surface area (TPSA) is 78.5 Å². The monoisotopic (exact) mass is 312 g/mol. The molecule has 0 amide bonds. The number of fused-ring (bicyclic) bond motifs is 1. The zero-order valence-corrected chi connectivity index (χ0v) is 12.9. The van der Waals surface area contributed by atoms with Crippen molar-refractivity contribution >= 4 is 11.6 Å². The molecule has 0 fully saturated rings. The molecule has 3 rings (SSSR count). The van der Waals surface area contributed by atoms with Crippen molar-refractivity contribution in [3.63, 3.8) is 0 Å². The highest BCUT2D eigenvalue weighted by Crippen LogP contribution is 2.08. The summed E-state index contributed by atoms with van der Waals surface area (Å²) < 4.78 is 7.93. The van der Waals surface area contributed by atoms with E-state index in [9.17, 15) is 9.59 Å². The molecule has 0 aliphatic rings. The van der Waals surface area contributed by atoms with Gasteiger partial charge in [-0.2, -0.15) is 9.50 Å². The molecule has 0 saturated carbocycles. The Hall–Kier alpha value is -2.80. The first-order chi connectivity index (χ1) is 11.1. The molecule has 0 N–H and O–H groups in total. The molecule has 0 aliphatic carbocycles.